The minimum absolute atomic E-state index is 0.0677. The predicted molar refractivity (Wildman–Crippen MR) is 96.3 cm³/mol. The van der Waals surface area contributed by atoms with Crippen LogP contribution in [-0.4, -0.2) is 59.3 Å². The van der Waals surface area contributed by atoms with Gasteiger partial charge in [-0.2, -0.15) is 0 Å². The van der Waals surface area contributed by atoms with E-state index in [2.05, 4.69) is 21.8 Å². The zero-order valence-corrected chi connectivity index (χ0v) is 14.4. The monoisotopic (exact) mass is 345 g/mol. The maximum atomic E-state index is 11.4. The van der Waals surface area contributed by atoms with Crippen molar-refractivity contribution in [2.75, 3.05) is 32.7 Å². The van der Waals surface area contributed by atoms with Gasteiger partial charge in [-0.25, -0.2) is 4.99 Å². The molecule has 8 heteroatoms. The predicted octanol–water partition coefficient (Wildman–Crippen LogP) is 1.39. The van der Waals surface area contributed by atoms with E-state index < -0.39 is 4.92 Å². The second kappa shape index (κ2) is 8.81. The molecule has 0 aliphatic carbocycles. The van der Waals surface area contributed by atoms with E-state index in [4.69, 9.17) is 0 Å². The zero-order valence-electron chi connectivity index (χ0n) is 14.4. The first-order chi connectivity index (χ1) is 12.0. The van der Waals surface area contributed by atoms with Gasteiger partial charge in [0.05, 0.1) is 11.5 Å². The molecule has 0 bridgehead atoms. The van der Waals surface area contributed by atoms with E-state index in [1.54, 1.807) is 25.1 Å². The highest BCUT2D eigenvalue weighted by molar-refractivity contribution is 5.80. The van der Waals surface area contributed by atoms with E-state index in [1.165, 1.54) is 12.1 Å². The third kappa shape index (κ3) is 5.30. The number of nitrogens with one attached hydrogen (secondary N) is 1. The molecule has 0 unspecified atom stereocenters. The molecule has 1 aromatic rings. The minimum atomic E-state index is -0.418. The number of nitrogens with zero attached hydrogens (tertiary/aromatic N) is 4. The van der Waals surface area contributed by atoms with Crippen LogP contribution in [0.3, 0.4) is 0 Å². The van der Waals surface area contributed by atoms with E-state index in [9.17, 15) is 14.9 Å². The molecular weight excluding hydrogens is 322 g/mol. The number of nitro benzene ring substituents is 1. The average molecular weight is 345 g/mol. The smallest absolute Gasteiger partial charge is 0.269 e. The van der Waals surface area contributed by atoms with Crippen LogP contribution in [0.25, 0.3) is 0 Å². The molecule has 1 amide bonds. The van der Waals surface area contributed by atoms with Gasteiger partial charge in [-0.15, -0.1) is 6.58 Å². The Bertz CT molecular complexity index is 649. The molecule has 1 heterocycles. The number of nitro groups is 1. The SMILES string of the molecule is C=CCNC(=NCc1ccc([N+](=O)[O-])cc1)N1CCN(C(C)=O)CC1. The summed E-state index contributed by atoms with van der Waals surface area (Å²) in [6.45, 7) is 9.05. The third-order valence-corrected chi connectivity index (χ3v) is 3.99. The Morgan fingerprint density at radius 2 is 1.88 bits per heavy atom. The summed E-state index contributed by atoms with van der Waals surface area (Å²) in [7, 11) is 0. The summed E-state index contributed by atoms with van der Waals surface area (Å²) in [5, 5.41) is 13.9. The molecule has 134 valence electrons. The van der Waals surface area contributed by atoms with Crippen molar-refractivity contribution in [1.29, 1.82) is 0 Å². The van der Waals surface area contributed by atoms with Crippen LogP contribution in [0.4, 0.5) is 5.69 Å². The van der Waals surface area contributed by atoms with E-state index in [0.29, 0.717) is 39.3 Å². The van der Waals surface area contributed by atoms with Gasteiger partial charge < -0.3 is 15.1 Å². The normalized spacial score (nSPS) is 15.0. The van der Waals surface area contributed by atoms with E-state index in [0.717, 1.165) is 11.5 Å². The maximum absolute atomic E-state index is 11.4. The number of non-ortho nitro benzene ring substituents is 1. The van der Waals surface area contributed by atoms with Crippen LogP contribution in [0, 0.1) is 10.1 Å². The van der Waals surface area contributed by atoms with Crippen molar-refractivity contribution in [2.45, 2.75) is 13.5 Å². The number of piperazine rings is 1. The number of amides is 1. The lowest BCUT2D eigenvalue weighted by molar-refractivity contribution is -0.384. The van der Waals surface area contributed by atoms with Gasteiger partial charge >= 0.3 is 0 Å². The number of hydrogen-bond donors (Lipinski definition) is 1. The van der Waals surface area contributed by atoms with Crippen LogP contribution in [0.2, 0.25) is 0 Å². The number of guanidine groups is 1. The Morgan fingerprint density at radius 3 is 2.40 bits per heavy atom. The molecule has 0 spiro atoms. The summed E-state index contributed by atoms with van der Waals surface area (Å²) >= 11 is 0. The van der Waals surface area contributed by atoms with Gasteiger partial charge in [0.15, 0.2) is 5.96 Å². The number of carbonyl (C=O) groups is 1. The molecule has 1 aliphatic rings. The van der Waals surface area contributed by atoms with E-state index >= 15 is 0 Å². The Kier molecular flexibility index (Phi) is 6.50. The molecule has 1 N–H and O–H groups in total. The summed E-state index contributed by atoms with van der Waals surface area (Å²) < 4.78 is 0. The Labute approximate surface area is 147 Å². The van der Waals surface area contributed by atoms with Crippen molar-refractivity contribution in [2.24, 2.45) is 4.99 Å². The molecule has 2 rings (SSSR count). The minimum Gasteiger partial charge on any atom is -0.353 e. The fourth-order valence-corrected chi connectivity index (χ4v) is 2.55. The molecular formula is C17H23N5O3. The lowest BCUT2D eigenvalue weighted by atomic mass is 10.2. The lowest BCUT2D eigenvalue weighted by Gasteiger charge is -2.36. The van der Waals surface area contributed by atoms with Gasteiger partial charge in [0.25, 0.3) is 5.69 Å². The average Bonchev–Trinajstić information content (AvgIpc) is 2.62. The molecule has 0 atom stereocenters. The van der Waals surface area contributed by atoms with E-state index in [1.807, 2.05) is 4.90 Å². The number of rotatable bonds is 5. The van der Waals surface area contributed by atoms with Crippen LogP contribution < -0.4 is 5.32 Å². The van der Waals surface area contributed by atoms with Crippen molar-refractivity contribution >= 4 is 17.6 Å². The molecule has 1 aliphatic heterocycles. The van der Waals surface area contributed by atoms with Crippen LogP contribution in [0.15, 0.2) is 41.9 Å². The summed E-state index contributed by atoms with van der Waals surface area (Å²) in [5.74, 6) is 0.838. The van der Waals surface area contributed by atoms with Crippen molar-refractivity contribution in [3.63, 3.8) is 0 Å². The zero-order chi connectivity index (χ0) is 18.2. The second-order valence-electron chi connectivity index (χ2n) is 5.73. The first-order valence-electron chi connectivity index (χ1n) is 8.14. The quantitative estimate of drug-likeness (QED) is 0.286. The van der Waals surface area contributed by atoms with Gasteiger partial charge in [0.2, 0.25) is 5.91 Å². The van der Waals surface area contributed by atoms with Gasteiger partial charge in [-0.3, -0.25) is 14.9 Å². The summed E-state index contributed by atoms with van der Waals surface area (Å²) in [6, 6.07) is 6.38. The number of aliphatic imine (C=N–C) groups is 1. The number of hydrogen-bond acceptors (Lipinski definition) is 4. The van der Waals surface area contributed by atoms with Crippen molar-refractivity contribution in [3.05, 3.63) is 52.6 Å². The molecule has 8 nitrogen and oxygen atoms in total. The number of carbonyl (C=O) groups excluding carboxylic acids is 1. The first kappa shape index (κ1) is 18.4. The largest absolute Gasteiger partial charge is 0.353 e. The summed E-state index contributed by atoms with van der Waals surface area (Å²) in [4.78, 5) is 30.3. The second-order valence-corrected chi connectivity index (χ2v) is 5.73. The molecule has 1 aromatic carbocycles. The summed E-state index contributed by atoms with van der Waals surface area (Å²) in [5.41, 5.74) is 0.962. The molecule has 0 radical (unpaired) electrons. The van der Waals surface area contributed by atoms with Gasteiger partial charge in [-0.1, -0.05) is 18.2 Å². The fraction of sp³-hybridized carbons (Fsp3) is 0.412. The van der Waals surface area contributed by atoms with Crippen molar-refractivity contribution in [1.82, 2.24) is 15.1 Å². The fourth-order valence-electron chi connectivity index (χ4n) is 2.55. The third-order valence-electron chi connectivity index (χ3n) is 3.99. The van der Waals surface area contributed by atoms with Gasteiger partial charge in [-0.05, 0) is 5.56 Å². The molecule has 1 fully saturated rings. The highest BCUT2D eigenvalue weighted by Crippen LogP contribution is 2.13. The van der Waals surface area contributed by atoms with Crippen LogP contribution >= 0.6 is 0 Å². The van der Waals surface area contributed by atoms with Crippen molar-refractivity contribution < 1.29 is 9.72 Å². The Morgan fingerprint density at radius 1 is 1.28 bits per heavy atom. The van der Waals surface area contributed by atoms with Crippen molar-refractivity contribution in [3.8, 4) is 0 Å². The Balaban J connectivity index is 2.03. The lowest BCUT2D eigenvalue weighted by Crippen LogP contribution is -2.53. The van der Waals surface area contributed by atoms with E-state index in [-0.39, 0.29) is 11.6 Å². The summed E-state index contributed by atoms with van der Waals surface area (Å²) in [6.07, 6.45) is 1.76. The topological polar surface area (TPSA) is 91.1 Å². The van der Waals surface area contributed by atoms with Crippen LogP contribution in [-0.2, 0) is 11.3 Å². The molecule has 25 heavy (non-hydrogen) atoms. The number of benzene rings is 1. The van der Waals surface area contributed by atoms with Gasteiger partial charge in [0, 0.05) is 51.8 Å². The molecule has 0 aromatic heterocycles. The standard InChI is InChI=1S/C17H23N5O3/c1-3-8-18-17(21-11-9-20(10-12-21)14(2)23)19-13-15-4-6-16(7-5-15)22(24)25/h3-7H,1,8-13H2,2H3,(H,18,19). The van der Waals surface area contributed by atoms with Gasteiger partial charge in [0.1, 0.15) is 0 Å². The molecule has 1 saturated heterocycles. The molecule has 0 saturated carbocycles. The van der Waals surface area contributed by atoms with Crippen LogP contribution in [0.5, 0.6) is 0 Å². The Hall–Kier alpha value is -2.90. The first-order valence-corrected chi connectivity index (χ1v) is 8.14. The highest BCUT2D eigenvalue weighted by atomic mass is 16.6. The maximum Gasteiger partial charge on any atom is 0.269 e. The van der Waals surface area contributed by atoms with Crippen LogP contribution in [0.1, 0.15) is 12.5 Å². The highest BCUT2D eigenvalue weighted by Gasteiger charge is 2.20.